The largest absolute Gasteiger partial charge is 0.316 e. The molecule has 0 atom stereocenters. The van der Waals surface area contributed by atoms with E-state index in [0.29, 0.717) is 10.6 Å². The molecular weight excluding hydrogens is 360 g/mol. The predicted molar refractivity (Wildman–Crippen MR) is 84.9 cm³/mol. The molecule has 0 saturated heterocycles. The van der Waals surface area contributed by atoms with E-state index in [2.05, 4.69) is 21.2 Å². The fourth-order valence-electron chi connectivity index (χ4n) is 1.70. The van der Waals surface area contributed by atoms with Gasteiger partial charge in [-0.15, -0.1) is 0 Å². The third-order valence-electron chi connectivity index (χ3n) is 2.84. The zero-order valence-electron chi connectivity index (χ0n) is 10.9. The number of nitro benzene ring substituents is 1. The molecule has 0 spiro atoms. The Kier molecular flexibility index (Phi) is 4.59. The summed E-state index contributed by atoms with van der Waals surface area (Å²) in [6.45, 7) is 1.90. The number of hydrogen-bond donors (Lipinski definition) is 1. The molecule has 21 heavy (non-hydrogen) atoms. The van der Waals surface area contributed by atoms with Crippen molar-refractivity contribution in [1.82, 2.24) is 0 Å². The zero-order valence-corrected chi connectivity index (χ0v) is 13.2. The molecule has 0 radical (unpaired) electrons. The van der Waals surface area contributed by atoms with Crippen LogP contribution in [-0.2, 0) is 0 Å². The minimum Gasteiger partial charge on any atom is -0.316 e. The molecule has 5 nitrogen and oxygen atoms in total. The van der Waals surface area contributed by atoms with Crippen molar-refractivity contribution in [2.24, 2.45) is 0 Å². The Labute approximate surface area is 134 Å². The summed E-state index contributed by atoms with van der Waals surface area (Å²) in [5.41, 5.74) is 1.23. The van der Waals surface area contributed by atoms with E-state index in [4.69, 9.17) is 11.6 Å². The molecule has 0 aliphatic rings. The van der Waals surface area contributed by atoms with Gasteiger partial charge in [0.2, 0.25) is 0 Å². The summed E-state index contributed by atoms with van der Waals surface area (Å²) in [7, 11) is 0. The smallest absolute Gasteiger partial charge is 0.292 e. The lowest BCUT2D eigenvalue weighted by molar-refractivity contribution is -0.383. The van der Waals surface area contributed by atoms with Gasteiger partial charge >= 0.3 is 0 Å². The van der Waals surface area contributed by atoms with E-state index >= 15 is 0 Å². The number of carbonyl (C=O) groups is 1. The first-order chi connectivity index (χ1) is 9.88. The monoisotopic (exact) mass is 368 g/mol. The predicted octanol–water partition coefficient (Wildman–Crippen LogP) is 4.57. The Morgan fingerprint density at radius 3 is 2.62 bits per heavy atom. The second kappa shape index (κ2) is 6.24. The summed E-state index contributed by atoms with van der Waals surface area (Å²) in [6.07, 6.45) is 0. The number of nitrogens with zero attached hydrogens (tertiary/aromatic N) is 1. The molecule has 2 aromatic rings. The van der Waals surface area contributed by atoms with E-state index in [1.165, 1.54) is 18.2 Å². The van der Waals surface area contributed by atoms with Gasteiger partial charge < -0.3 is 5.32 Å². The van der Waals surface area contributed by atoms with Crippen molar-refractivity contribution < 1.29 is 9.72 Å². The van der Waals surface area contributed by atoms with Crippen molar-refractivity contribution in [3.63, 3.8) is 0 Å². The van der Waals surface area contributed by atoms with Crippen LogP contribution in [0.25, 0.3) is 0 Å². The van der Waals surface area contributed by atoms with Gasteiger partial charge in [0.25, 0.3) is 11.6 Å². The molecule has 1 amide bonds. The molecule has 0 aliphatic carbocycles. The van der Waals surface area contributed by atoms with Crippen LogP contribution < -0.4 is 5.32 Å². The molecule has 7 heteroatoms. The minimum absolute atomic E-state index is 0.0641. The number of hydrogen-bond acceptors (Lipinski definition) is 3. The highest BCUT2D eigenvalue weighted by atomic mass is 79.9. The van der Waals surface area contributed by atoms with Gasteiger partial charge in [0.05, 0.1) is 4.92 Å². The Hall–Kier alpha value is -1.92. The van der Waals surface area contributed by atoms with Crippen molar-refractivity contribution in [2.75, 3.05) is 5.32 Å². The van der Waals surface area contributed by atoms with E-state index in [1.54, 1.807) is 18.2 Å². The van der Waals surface area contributed by atoms with Gasteiger partial charge in [-0.05, 0) is 36.8 Å². The van der Waals surface area contributed by atoms with E-state index in [0.717, 1.165) is 10.0 Å². The molecule has 0 bridgehead atoms. The van der Waals surface area contributed by atoms with Crippen LogP contribution in [0.4, 0.5) is 11.4 Å². The first-order valence-electron chi connectivity index (χ1n) is 5.90. The lowest BCUT2D eigenvalue weighted by Gasteiger charge is -2.07. The fraction of sp³-hybridized carbons (Fsp3) is 0.0714. The Bertz CT molecular complexity index is 734. The summed E-state index contributed by atoms with van der Waals surface area (Å²) in [6, 6.07) is 9.08. The molecule has 0 saturated carbocycles. The molecule has 0 aromatic heterocycles. The molecular formula is C14H10BrClN2O3. The third-order valence-corrected chi connectivity index (χ3v) is 3.93. The van der Waals surface area contributed by atoms with Gasteiger partial charge in [-0.1, -0.05) is 33.6 Å². The number of nitrogens with one attached hydrogen (secondary N) is 1. The zero-order chi connectivity index (χ0) is 15.6. The third kappa shape index (κ3) is 3.59. The van der Waals surface area contributed by atoms with Crippen molar-refractivity contribution in [3.8, 4) is 0 Å². The molecule has 2 aromatic carbocycles. The van der Waals surface area contributed by atoms with Crippen molar-refractivity contribution in [1.29, 1.82) is 0 Å². The summed E-state index contributed by atoms with van der Waals surface area (Å²) in [5.74, 6) is -0.443. The van der Waals surface area contributed by atoms with Gasteiger partial charge in [0, 0.05) is 21.1 Å². The van der Waals surface area contributed by atoms with Gasteiger partial charge in [-0.2, -0.15) is 0 Å². The molecule has 0 aliphatic heterocycles. The van der Waals surface area contributed by atoms with Gasteiger partial charge in [-0.3, -0.25) is 14.9 Å². The van der Waals surface area contributed by atoms with Crippen molar-refractivity contribution in [2.45, 2.75) is 6.92 Å². The van der Waals surface area contributed by atoms with E-state index in [-0.39, 0.29) is 11.4 Å². The second-order valence-corrected chi connectivity index (χ2v) is 5.63. The summed E-state index contributed by atoms with van der Waals surface area (Å²) >= 11 is 9.16. The number of halogens is 2. The van der Waals surface area contributed by atoms with E-state index in [1.807, 2.05) is 6.92 Å². The van der Waals surface area contributed by atoms with Gasteiger partial charge in [-0.25, -0.2) is 0 Å². The number of amides is 1. The van der Waals surface area contributed by atoms with E-state index in [9.17, 15) is 14.9 Å². The highest BCUT2D eigenvalue weighted by molar-refractivity contribution is 9.10. The Morgan fingerprint density at radius 1 is 1.29 bits per heavy atom. The van der Waals surface area contributed by atoms with Crippen LogP contribution in [0.15, 0.2) is 40.9 Å². The maximum atomic E-state index is 12.2. The normalized spacial score (nSPS) is 10.2. The standard InChI is InChI=1S/C14H10BrClN2O3/c1-8-2-3-9(6-11(8)15)14(19)17-12-7-10(16)4-5-13(12)18(20)21/h2-7H,1H3,(H,17,19). The number of rotatable bonds is 3. The molecule has 0 fully saturated rings. The maximum Gasteiger partial charge on any atom is 0.292 e. The van der Waals surface area contributed by atoms with Crippen LogP contribution in [0.5, 0.6) is 0 Å². The van der Waals surface area contributed by atoms with Crippen LogP contribution in [-0.4, -0.2) is 10.8 Å². The highest BCUT2D eigenvalue weighted by Crippen LogP contribution is 2.28. The Balaban J connectivity index is 2.33. The second-order valence-electron chi connectivity index (χ2n) is 4.34. The molecule has 0 unspecified atom stereocenters. The lowest BCUT2D eigenvalue weighted by Crippen LogP contribution is -2.13. The lowest BCUT2D eigenvalue weighted by atomic mass is 10.1. The van der Waals surface area contributed by atoms with E-state index < -0.39 is 10.8 Å². The number of benzene rings is 2. The fourth-order valence-corrected chi connectivity index (χ4v) is 2.25. The minimum atomic E-state index is -0.572. The maximum absolute atomic E-state index is 12.2. The number of anilines is 1. The average molecular weight is 370 g/mol. The average Bonchev–Trinajstić information content (AvgIpc) is 2.41. The van der Waals surface area contributed by atoms with Crippen LogP contribution in [0, 0.1) is 17.0 Å². The van der Waals surface area contributed by atoms with Gasteiger partial charge in [0.15, 0.2) is 0 Å². The van der Waals surface area contributed by atoms with Crippen LogP contribution in [0.3, 0.4) is 0 Å². The summed E-state index contributed by atoms with van der Waals surface area (Å²) in [5, 5.41) is 13.8. The molecule has 1 N–H and O–H groups in total. The first kappa shape index (κ1) is 15.5. The SMILES string of the molecule is Cc1ccc(C(=O)Nc2cc(Cl)ccc2[N+](=O)[O-])cc1Br. The van der Waals surface area contributed by atoms with Crippen molar-refractivity contribution in [3.05, 3.63) is 67.1 Å². The van der Waals surface area contributed by atoms with Crippen molar-refractivity contribution >= 4 is 44.8 Å². The first-order valence-corrected chi connectivity index (χ1v) is 7.07. The summed E-state index contributed by atoms with van der Waals surface area (Å²) in [4.78, 5) is 22.5. The van der Waals surface area contributed by atoms with Crippen LogP contribution in [0.1, 0.15) is 15.9 Å². The molecule has 0 heterocycles. The summed E-state index contributed by atoms with van der Waals surface area (Å²) < 4.78 is 0.788. The van der Waals surface area contributed by atoms with Crippen LogP contribution >= 0.6 is 27.5 Å². The van der Waals surface area contributed by atoms with Gasteiger partial charge in [0.1, 0.15) is 5.69 Å². The molecule has 108 valence electrons. The topological polar surface area (TPSA) is 72.2 Å². The number of nitro groups is 1. The van der Waals surface area contributed by atoms with Crippen LogP contribution in [0.2, 0.25) is 5.02 Å². The quantitative estimate of drug-likeness (QED) is 0.636. The number of aryl methyl sites for hydroxylation is 1. The highest BCUT2D eigenvalue weighted by Gasteiger charge is 2.17. The Morgan fingerprint density at radius 2 is 2.00 bits per heavy atom. The number of carbonyl (C=O) groups excluding carboxylic acids is 1. The molecule has 2 rings (SSSR count).